The SMILES string of the molecule is Cc1ccc([C@@H]2O[C@H](CO)[C@@H](O)C(O)[C@H]2O)cc1Cc1ccc(Oc2cocn2)cc1. The number of hydrogen-bond acceptors (Lipinski definition) is 8. The van der Waals surface area contributed by atoms with Crippen LogP contribution in [0.3, 0.4) is 0 Å². The van der Waals surface area contributed by atoms with E-state index in [9.17, 15) is 20.4 Å². The van der Waals surface area contributed by atoms with Crippen LogP contribution in [-0.2, 0) is 11.2 Å². The van der Waals surface area contributed by atoms with Crippen LogP contribution in [-0.4, -0.2) is 56.4 Å². The van der Waals surface area contributed by atoms with Crippen LogP contribution in [0, 0.1) is 6.92 Å². The highest BCUT2D eigenvalue weighted by atomic mass is 16.5. The summed E-state index contributed by atoms with van der Waals surface area (Å²) in [6.07, 6.45) is -2.52. The molecule has 5 atom stereocenters. The molecule has 164 valence electrons. The van der Waals surface area contributed by atoms with Crippen molar-refractivity contribution in [2.75, 3.05) is 6.61 Å². The number of oxazole rings is 1. The lowest BCUT2D eigenvalue weighted by Gasteiger charge is -2.40. The molecular weight excluding hydrogens is 402 g/mol. The lowest BCUT2D eigenvalue weighted by molar-refractivity contribution is -0.231. The van der Waals surface area contributed by atoms with E-state index < -0.39 is 37.1 Å². The van der Waals surface area contributed by atoms with Gasteiger partial charge in [0.15, 0.2) is 12.7 Å². The predicted molar refractivity (Wildman–Crippen MR) is 110 cm³/mol. The quantitative estimate of drug-likeness (QED) is 0.470. The average Bonchev–Trinajstić information content (AvgIpc) is 3.28. The molecule has 0 amide bonds. The average molecular weight is 427 g/mol. The Bertz CT molecular complexity index is 988. The molecule has 2 aromatic carbocycles. The van der Waals surface area contributed by atoms with Crippen LogP contribution in [0.5, 0.6) is 11.6 Å². The Kier molecular flexibility index (Phi) is 6.35. The summed E-state index contributed by atoms with van der Waals surface area (Å²) < 4.78 is 16.2. The fraction of sp³-hybridized carbons (Fsp3) is 0.348. The van der Waals surface area contributed by atoms with Gasteiger partial charge in [0.2, 0.25) is 0 Å². The first-order valence-electron chi connectivity index (χ1n) is 10.0. The van der Waals surface area contributed by atoms with E-state index in [4.69, 9.17) is 13.9 Å². The number of aromatic nitrogens is 1. The van der Waals surface area contributed by atoms with E-state index in [1.807, 2.05) is 49.4 Å². The van der Waals surface area contributed by atoms with E-state index in [-0.39, 0.29) is 0 Å². The van der Waals surface area contributed by atoms with Crippen molar-refractivity contribution in [3.05, 3.63) is 77.4 Å². The molecule has 8 heteroatoms. The van der Waals surface area contributed by atoms with Crippen molar-refractivity contribution in [1.29, 1.82) is 0 Å². The number of hydrogen-bond donors (Lipinski definition) is 4. The maximum Gasteiger partial charge on any atom is 0.258 e. The van der Waals surface area contributed by atoms with Gasteiger partial charge in [-0.25, -0.2) is 0 Å². The van der Waals surface area contributed by atoms with E-state index >= 15 is 0 Å². The standard InChI is InChI=1S/C23H25NO7/c1-13-2-5-15(23-22(28)21(27)20(26)18(10-25)31-23)9-16(13)8-14-3-6-17(7-4-14)30-19-11-29-12-24-19/h2-7,9,11-12,18,20-23,25-28H,8,10H2,1H3/t18-,20-,21?,22-,23+/m1/s1. The largest absolute Gasteiger partial charge is 0.448 e. The highest BCUT2D eigenvalue weighted by Crippen LogP contribution is 2.33. The molecule has 0 radical (unpaired) electrons. The van der Waals surface area contributed by atoms with Crippen molar-refractivity contribution in [1.82, 2.24) is 4.98 Å². The summed E-state index contributed by atoms with van der Waals surface area (Å²) in [6.45, 7) is 1.54. The van der Waals surface area contributed by atoms with Crippen molar-refractivity contribution >= 4 is 0 Å². The molecule has 8 nitrogen and oxygen atoms in total. The van der Waals surface area contributed by atoms with Gasteiger partial charge in [-0.05, 0) is 47.7 Å². The van der Waals surface area contributed by atoms with Crippen molar-refractivity contribution in [3.8, 4) is 11.6 Å². The number of aryl methyl sites for hydroxylation is 1. The van der Waals surface area contributed by atoms with Gasteiger partial charge >= 0.3 is 0 Å². The minimum absolute atomic E-state index is 0.385. The van der Waals surface area contributed by atoms with Crippen molar-refractivity contribution in [2.45, 2.75) is 43.9 Å². The van der Waals surface area contributed by atoms with E-state index in [0.717, 1.165) is 16.7 Å². The molecular formula is C23H25NO7. The van der Waals surface area contributed by atoms with Crippen molar-refractivity contribution < 1.29 is 34.3 Å². The maximum absolute atomic E-state index is 10.4. The van der Waals surface area contributed by atoms with Crippen molar-refractivity contribution in [2.24, 2.45) is 0 Å². The molecule has 1 aliphatic rings. The monoisotopic (exact) mass is 427 g/mol. The molecule has 1 aliphatic heterocycles. The molecule has 0 saturated carbocycles. The molecule has 31 heavy (non-hydrogen) atoms. The number of rotatable bonds is 6. The number of aliphatic hydroxyl groups is 4. The molecule has 0 spiro atoms. The van der Waals surface area contributed by atoms with Crippen LogP contribution in [0.2, 0.25) is 0 Å². The second-order valence-electron chi connectivity index (χ2n) is 7.68. The van der Waals surface area contributed by atoms with E-state index in [2.05, 4.69) is 4.98 Å². The molecule has 4 rings (SSSR count). The van der Waals surface area contributed by atoms with Crippen LogP contribution in [0.25, 0.3) is 0 Å². The Morgan fingerprint density at radius 3 is 2.45 bits per heavy atom. The van der Waals surface area contributed by atoms with E-state index in [0.29, 0.717) is 23.6 Å². The van der Waals surface area contributed by atoms with Crippen LogP contribution >= 0.6 is 0 Å². The van der Waals surface area contributed by atoms with E-state index in [1.165, 1.54) is 12.7 Å². The maximum atomic E-state index is 10.4. The zero-order valence-corrected chi connectivity index (χ0v) is 17.0. The third-order valence-electron chi connectivity index (χ3n) is 5.54. The van der Waals surface area contributed by atoms with Gasteiger partial charge in [0.05, 0.1) is 6.61 Å². The van der Waals surface area contributed by atoms with Gasteiger partial charge < -0.3 is 34.3 Å². The fourth-order valence-corrected chi connectivity index (χ4v) is 3.70. The first kappa shape index (κ1) is 21.5. The lowest BCUT2D eigenvalue weighted by Crippen LogP contribution is -2.55. The minimum atomic E-state index is -1.40. The Labute approximate surface area is 179 Å². The van der Waals surface area contributed by atoms with Gasteiger partial charge in [-0.1, -0.05) is 30.3 Å². The number of benzene rings is 2. The Hall–Kier alpha value is -2.75. The van der Waals surface area contributed by atoms with Gasteiger partial charge in [-0.3, -0.25) is 0 Å². The molecule has 0 aliphatic carbocycles. The van der Waals surface area contributed by atoms with Crippen LogP contribution < -0.4 is 4.74 Å². The molecule has 0 bridgehead atoms. The van der Waals surface area contributed by atoms with Crippen molar-refractivity contribution in [3.63, 3.8) is 0 Å². The van der Waals surface area contributed by atoms with Gasteiger partial charge in [-0.15, -0.1) is 0 Å². The lowest BCUT2D eigenvalue weighted by atomic mass is 9.89. The zero-order valence-electron chi connectivity index (χ0n) is 17.0. The normalized spacial score (nSPS) is 26.0. The smallest absolute Gasteiger partial charge is 0.258 e. The van der Waals surface area contributed by atoms with E-state index in [1.54, 1.807) is 0 Å². The predicted octanol–water partition coefficient (Wildman–Crippen LogP) is 1.88. The zero-order chi connectivity index (χ0) is 22.0. The summed E-state index contributed by atoms with van der Waals surface area (Å²) in [5.41, 5.74) is 3.82. The highest BCUT2D eigenvalue weighted by molar-refractivity contribution is 5.38. The van der Waals surface area contributed by atoms with Gasteiger partial charge in [-0.2, -0.15) is 4.98 Å². The molecule has 1 saturated heterocycles. The Morgan fingerprint density at radius 2 is 1.77 bits per heavy atom. The summed E-state index contributed by atoms with van der Waals surface area (Å²) in [7, 11) is 0. The first-order valence-corrected chi connectivity index (χ1v) is 10.0. The summed E-state index contributed by atoms with van der Waals surface area (Å²) in [4.78, 5) is 3.92. The Morgan fingerprint density at radius 1 is 1.00 bits per heavy atom. The van der Waals surface area contributed by atoms with Gasteiger partial charge in [0, 0.05) is 0 Å². The number of ether oxygens (including phenoxy) is 2. The molecule has 1 unspecified atom stereocenters. The summed E-state index contributed by atoms with van der Waals surface area (Å²) in [5, 5.41) is 39.9. The summed E-state index contributed by atoms with van der Waals surface area (Å²) >= 11 is 0. The molecule has 3 aromatic rings. The van der Waals surface area contributed by atoms with Gasteiger partial charge in [0.1, 0.15) is 36.3 Å². The fourth-order valence-electron chi connectivity index (χ4n) is 3.70. The number of nitrogens with zero attached hydrogens (tertiary/aromatic N) is 1. The second kappa shape index (κ2) is 9.17. The Balaban J connectivity index is 1.51. The molecule has 2 heterocycles. The van der Waals surface area contributed by atoms with Crippen LogP contribution in [0.4, 0.5) is 0 Å². The summed E-state index contributed by atoms with van der Waals surface area (Å²) in [6, 6.07) is 13.3. The molecule has 1 aromatic heterocycles. The topological polar surface area (TPSA) is 125 Å². The third kappa shape index (κ3) is 4.63. The molecule has 1 fully saturated rings. The first-order chi connectivity index (χ1) is 15.0. The minimum Gasteiger partial charge on any atom is -0.448 e. The van der Waals surface area contributed by atoms with Gasteiger partial charge in [0.25, 0.3) is 5.88 Å². The highest BCUT2D eigenvalue weighted by Gasteiger charge is 2.43. The summed E-state index contributed by atoms with van der Waals surface area (Å²) in [5.74, 6) is 1.03. The number of aliphatic hydroxyl groups excluding tert-OH is 4. The molecule has 4 N–H and O–H groups in total. The van der Waals surface area contributed by atoms with Crippen LogP contribution in [0.1, 0.15) is 28.4 Å². The van der Waals surface area contributed by atoms with Crippen LogP contribution in [0.15, 0.2) is 59.5 Å². The third-order valence-corrected chi connectivity index (χ3v) is 5.54. The second-order valence-corrected chi connectivity index (χ2v) is 7.68.